The molecule has 3 aromatic rings. The average Bonchev–Trinajstić information content (AvgIpc) is 3.25. The molecule has 0 saturated carbocycles. The van der Waals surface area contributed by atoms with E-state index in [1.54, 1.807) is 7.11 Å². The van der Waals surface area contributed by atoms with E-state index < -0.39 is 0 Å². The van der Waals surface area contributed by atoms with Crippen LogP contribution in [0.25, 0.3) is 10.9 Å². The molecular formula is C21H29N6O3+. The van der Waals surface area contributed by atoms with E-state index in [9.17, 15) is 4.79 Å². The van der Waals surface area contributed by atoms with Gasteiger partial charge in [-0.15, -0.1) is 5.10 Å². The van der Waals surface area contributed by atoms with Crippen molar-refractivity contribution >= 4 is 10.9 Å². The van der Waals surface area contributed by atoms with E-state index in [1.165, 1.54) is 4.90 Å². The Morgan fingerprint density at radius 3 is 2.77 bits per heavy atom. The summed E-state index contributed by atoms with van der Waals surface area (Å²) in [6.45, 7) is 9.18. The zero-order chi connectivity index (χ0) is 21.3. The van der Waals surface area contributed by atoms with Crippen molar-refractivity contribution in [2.45, 2.75) is 38.8 Å². The molecule has 2 N–H and O–H groups in total. The quantitative estimate of drug-likeness (QED) is 0.616. The lowest BCUT2D eigenvalue weighted by molar-refractivity contribution is -0.934. The number of methoxy groups -OCH3 is 1. The van der Waals surface area contributed by atoms with Crippen molar-refractivity contribution in [1.82, 2.24) is 25.2 Å². The highest BCUT2D eigenvalue weighted by molar-refractivity contribution is 5.80. The molecule has 1 fully saturated rings. The Morgan fingerprint density at radius 2 is 2.07 bits per heavy atom. The number of aromatic amines is 1. The SMILES string of the molecule is CCC(C)(C)n1nnnc1[C@@H](c1cc2ccc(OC)cc2[nH]c1=O)[NH+]1CCOCC1. The minimum Gasteiger partial charge on any atom is -0.497 e. The zero-order valence-corrected chi connectivity index (χ0v) is 17.9. The fourth-order valence-corrected chi connectivity index (χ4v) is 3.96. The van der Waals surface area contributed by atoms with Gasteiger partial charge in [-0.1, -0.05) is 6.92 Å². The summed E-state index contributed by atoms with van der Waals surface area (Å²) < 4.78 is 12.7. The fourth-order valence-electron chi connectivity index (χ4n) is 3.96. The second-order valence-electron chi connectivity index (χ2n) is 8.33. The Bertz CT molecular complexity index is 1080. The van der Waals surface area contributed by atoms with Gasteiger partial charge in [0.2, 0.25) is 5.82 Å². The van der Waals surface area contributed by atoms with Crippen LogP contribution in [0.15, 0.2) is 29.1 Å². The number of morpholine rings is 1. The van der Waals surface area contributed by atoms with Gasteiger partial charge in [0.15, 0.2) is 6.04 Å². The summed E-state index contributed by atoms with van der Waals surface area (Å²) >= 11 is 0. The Labute approximate surface area is 175 Å². The summed E-state index contributed by atoms with van der Waals surface area (Å²) in [6, 6.07) is 7.36. The van der Waals surface area contributed by atoms with Crippen molar-refractivity contribution in [3.8, 4) is 5.75 Å². The van der Waals surface area contributed by atoms with E-state index in [-0.39, 0.29) is 17.1 Å². The van der Waals surface area contributed by atoms with Gasteiger partial charge < -0.3 is 19.4 Å². The average molecular weight is 414 g/mol. The standard InChI is InChI=1S/C21H28N6O3/c1-5-21(2,3)27-19(23-24-25-27)18(26-8-10-30-11-9-26)16-12-14-6-7-15(29-4)13-17(14)22-20(16)28/h6-7,12-13,18H,5,8-11H2,1-4H3,(H,22,28)/p+1/t18-/m1/s1. The highest BCUT2D eigenvalue weighted by atomic mass is 16.5. The molecule has 0 amide bonds. The van der Waals surface area contributed by atoms with Gasteiger partial charge in [0.25, 0.3) is 5.56 Å². The van der Waals surface area contributed by atoms with E-state index in [0.29, 0.717) is 30.4 Å². The molecule has 160 valence electrons. The third-order valence-corrected chi connectivity index (χ3v) is 6.13. The summed E-state index contributed by atoms with van der Waals surface area (Å²) in [5.41, 5.74) is 1.00. The van der Waals surface area contributed by atoms with Gasteiger partial charge in [-0.25, -0.2) is 4.68 Å². The summed E-state index contributed by atoms with van der Waals surface area (Å²) in [4.78, 5) is 17.5. The van der Waals surface area contributed by atoms with Crippen LogP contribution in [0.2, 0.25) is 0 Å². The largest absolute Gasteiger partial charge is 0.497 e. The first-order valence-corrected chi connectivity index (χ1v) is 10.4. The highest BCUT2D eigenvalue weighted by Crippen LogP contribution is 2.25. The molecule has 30 heavy (non-hydrogen) atoms. The first-order valence-electron chi connectivity index (χ1n) is 10.4. The molecule has 2 aromatic heterocycles. The number of nitrogens with one attached hydrogen (secondary N) is 2. The number of hydrogen-bond donors (Lipinski definition) is 2. The van der Waals surface area contributed by atoms with Crippen molar-refractivity contribution in [3.05, 3.63) is 46.0 Å². The third kappa shape index (κ3) is 3.70. The zero-order valence-electron chi connectivity index (χ0n) is 17.9. The monoisotopic (exact) mass is 413 g/mol. The van der Waals surface area contributed by atoms with Crippen LogP contribution in [0.4, 0.5) is 0 Å². The van der Waals surface area contributed by atoms with Gasteiger partial charge in [-0.2, -0.15) is 0 Å². The lowest BCUT2D eigenvalue weighted by Crippen LogP contribution is -3.14. The van der Waals surface area contributed by atoms with E-state index in [2.05, 4.69) is 41.3 Å². The van der Waals surface area contributed by atoms with Gasteiger partial charge in [-0.3, -0.25) is 4.79 Å². The number of aromatic nitrogens is 5. The minimum atomic E-state index is -0.287. The molecule has 1 atom stereocenters. The van der Waals surface area contributed by atoms with E-state index in [1.807, 2.05) is 28.9 Å². The summed E-state index contributed by atoms with van der Waals surface area (Å²) in [7, 11) is 1.61. The lowest BCUT2D eigenvalue weighted by atomic mass is 9.99. The molecular weight excluding hydrogens is 384 g/mol. The molecule has 3 heterocycles. The first-order chi connectivity index (χ1) is 14.4. The fraction of sp³-hybridized carbons (Fsp3) is 0.524. The molecule has 0 spiro atoms. The van der Waals surface area contributed by atoms with Gasteiger partial charge in [-0.05, 0) is 54.3 Å². The summed E-state index contributed by atoms with van der Waals surface area (Å²) in [5.74, 6) is 1.41. The number of rotatable bonds is 6. The van der Waals surface area contributed by atoms with Crippen LogP contribution in [-0.2, 0) is 10.3 Å². The number of benzene rings is 1. The maximum Gasteiger partial charge on any atom is 0.258 e. The van der Waals surface area contributed by atoms with Crippen LogP contribution in [-0.4, -0.2) is 58.6 Å². The Hall–Kier alpha value is -2.78. The van der Waals surface area contributed by atoms with Crippen LogP contribution >= 0.6 is 0 Å². The number of quaternary nitrogens is 1. The maximum atomic E-state index is 13.2. The van der Waals surface area contributed by atoms with Crippen molar-refractivity contribution in [2.75, 3.05) is 33.4 Å². The van der Waals surface area contributed by atoms with E-state index >= 15 is 0 Å². The molecule has 0 unspecified atom stereocenters. The second kappa shape index (κ2) is 8.16. The second-order valence-corrected chi connectivity index (χ2v) is 8.33. The van der Waals surface area contributed by atoms with Gasteiger partial charge >= 0.3 is 0 Å². The third-order valence-electron chi connectivity index (χ3n) is 6.13. The van der Waals surface area contributed by atoms with Crippen LogP contribution in [0, 0.1) is 0 Å². The number of H-pyrrole nitrogens is 1. The van der Waals surface area contributed by atoms with Gasteiger partial charge in [0.1, 0.15) is 18.8 Å². The molecule has 4 rings (SSSR count). The number of ether oxygens (including phenoxy) is 2. The van der Waals surface area contributed by atoms with Crippen LogP contribution in [0.3, 0.4) is 0 Å². The van der Waals surface area contributed by atoms with Crippen molar-refractivity contribution in [3.63, 3.8) is 0 Å². The molecule has 1 aliphatic rings. The number of pyridine rings is 1. The number of tetrazole rings is 1. The van der Waals surface area contributed by atoms with Crippen LogP contribution in [0.5, 0.6) is 5.75 Å². The lowest BCUT2D eigenvalue weighted by Gasteiger charge is -2.32. The van der Waals surface area contributed by atoms with E-state index in [4.69, 9.17) is 9.47 Å². The van der Waals surface area contributed by atoms with Crippen LogP contribution in [0.1, 0.15) is 44.6 Å². The topological polar surface area (TPSA) is 99.4 Å². The summed E-state index contributed by atoms with van der Waals surface area (Å²) in [5, 5.41) is 13.6. The molecule has 1 aliphatic heterocycles. The number of fused-ring (bicyclic) bond motifs is 1. The summed E-state index contributed by atoms with van der Waals surface area (Å²) in [6.07, 6.45) is 0.865. The molecule has 0 aliphatic carbocycles. The molecule has 0 radical (unpaired) electrons. The molecule has 9 heteroatoms. The van der Waals surface area contributed by atoms with Crippen molar-refractivity contribution in [2.24, 2.45) is 0 Å². The molecule has 9 nitrogen and oxygen atoms in total. The molecule has 1 aromatic carbocycles. The predicted molar refractivity (Wildman–Crippen MR) is 112 cm³/mol. The smallest absolute Gasteiger partial charge is 0.258 e. The van der Waals surface area contributed by atoms with Crippen molar-refractivity contribution in [1.29, 1.82) is 0 Å². The maximum absolute atomic E-state index is 13.2. The Morgan fingerprint density at radius 1 is 1.30 bits per heavy atom. The molecule has 1 saturated heterocycles. The van der Waals surface area contributed by atoms with Gasteiger partial charge in [0, 0.05) is 6.07 Å². The molecule has 0 bridgehead atoms. The Kier molecular flexibility index (Phi) is 5.57. The van der Waals surface area contributed by atoms with Crippen LogP contribution < -0.4 is 15.2 Å². The minimum absolute atomic E-state index is 0.136. The Balaban J connectivity index is 1.89. The van der Waals surface area contributed by atoms with Crippen molar-refractivity contribution < 1.29 is 14.4 Å². The van der Waals surface area contributed by atoms with Gasteiger partial charge in [0.05, 0.1) is 36.9 Å². The highest BCUT2D eigenvalue weighted by Gasteiger charge is 2.37. The normalized spacial score (nSPS) is 16.7. The number of nitrogens with zero attached hydrogens (tertiary/aromatic N) is 4. The predicted octanol–water partition coefficient (Wildman–Crippen LogP) is 0.673. The van der Waals surface area contributed by atoms with E-state index in [0.717, 1.165) is 30.4 Å². The first kappa shape index (κ1) is 20.5. The number of hydrogen-bond acceptors (Lipinski definition) is 6.